The van der Waals surface area contributed by atoms with E-state index in [1.165, 1.54) is 31.0 Å². The van der Waals surface area contributed by atoms with E-state index < -0.39 is 5.97 Å². The van der Waals surface area contributed by atoms with Crippen LogP contribution in [0.25, 0.3) is 0 Å². The SMILES string of the molecule is COC(=O)C(C)Sc1cccc(C(=O)O)c1. The third kappa shape index (κ3) is 3.27. The van der Waals surface area contributed by atoms with Crippen molar-refractivity contribution < 1.29 is 19.4 Å². The first kappa shape index (κ1) is 12.6. The van der Waals surface area contributed by atoms with Crippen LogP contribution < -0.4 is 0 Å². The van der Waals surface area contributed by atoms with Crippen LogP contribution in [0.2, 0.25) is 0 Å². The molecule has 0 bridgehead atoms. The number of carboxylic acid groups (broad SMARTS) is 1. The van der Waals surface area contributed by atoms with Crippen LogP contribution in [-0.4, -0.2) is 29.4 Å². The molecule has 0 spiro atoms. The Morgan fingerprint density at radius 2 is 2.12 bits per heavy atom. The average Bonchev–Trinajstić information content (AvgIpc) is 2.28. The minimum absolute atomic E-state index is 0.210. The molecule has 16 heavy (non-hydrogen) atoms. The lowest BCUT2D eigenvalue weighted by Crippen LogP contribution is -2.14. The first-order valence-electron chi connectivity index (χ1n) is 4.62. The topological polar surface area (TPSA) is 63.6 Å². The predicted octanol–water partition coefficient (Wildman–Crippen LogP) is 2.04. The quantitative estimate of drug-likeness (QED) is 0.644. The summed E-state index contributed by atoms with van der Waals surface area (Å²) in [5, 5.41) is 8.45. The zero-order valence-corrected chi connectivity index (χ0v) is 9.78. The Hall–Kier alpha value is -1.49. The molecule has 0 heterocycles. The van der Waals surface area contributed by atoms with Crippen molar-refractivity contribution in [3.05, 3.63) is 29.8 Å². The summed E-state index contributed by atoms with van der Waals surface area (Å²) in [6.07, 6.45) is 0. The summed E-state index contributed by atoms with van der Waals surface area (Å²) in [4.78, 5) is 22.6. The van der Waals surface area contributed by atoms with Crippen molar-refractivity contribution in [2.24, 2.45) is 0 Å². The van der Waals surface area contributed by atoms with E-state index in [4.69, 9.17) is 5.11 Å². The number of carbonyl (C=O) groups is 2. The number of aromatic carboxylic acids is 1. The van der Waals surface area contributed by atoms with E-state index in [9.17, 15) is 9.59 Å². The number of esters is 1. The maximum Gasteiger partial charge on any atom is 0.335 e. The maximum atomic E-state index is 11.2. The van der Waals surface area contributed by atoms with E-state index in [0.717, 1.165) is 4.90 Å². The highest BCUT2D eigenvalue weighted by atomic mass is 32.2. The molecule has 0 aliphatic rings. The van der Waals surface area contributed by atoms with Crippen molar-refractivity contribution in [2.45, 2.75) is 17.1 Å². The number of thioether (sulfide) groups is 1. The number of carboxylic acids is 1. The average molecular weight is 240 g/mol. The summed E-state index contributed by atoms with van der Waals surface area (Å²) >= 11 is 1.27. The monoisotopic (exact) mass is 240 g/mol. The fourth-order valence-corrected chi connectivity index (χ4v) is 2.07. The van der Waals surface area contributed by atoms with Crippen molar-refractivity contribution in [3.8, 4) is 0 Å². The number of hydrogen-bond donors (Lipinski definition) is 1. The summed E-state index contributed by atoms with van der Waals surface area (Å²) in [5.41, 5.74) is 0.210. The summed E-state index contributed by atoms with van der Waals surface area (Å²) < 4.78 is 4.59. The van der Waals surface area contributed by atoms with Crippen molar-refractivity contribution in [2.75, 3.05) is 7.11 Å². The van der Waals surface area contributed by atoms with Crippen LogP contribution in [0.15, 0.2) is 29.2 Å². The molecule has 1 aromatic carbocycles. The van der Waals surface area contributed by atoms with Crippen LogP contribution in [-0.2, 0) is 9.53 Å². The molecule has 0 saturated heterocycles. The van der Waals surface area contributed by atoms with Gasteiger partial charge >= 0.3 is 11.9 Å². The molecule has 5 heteroatoms. The number of hydrogen-bond acceptors (Lipinski definition) is 4. The van der Waals surface area contributed by atoms with Gasteiger partial charge in [-0.1, -0.05) is 6.07 Å². The molecule has 1 unspecified atom stereocenters. The second kappa shape index (κ2) is 5.55. The molecule has 1 N–H and O–H groups in total. The zero-order valence-electron chi connectivity index (χ0n) is 8.97. The smallest absolute Gasteiger partial charge is 0.335 e. The molecule has 0 aliphatic carbocycles. The van der Waals surface area contributed by atoms with Gasteiger partial charge in [0.2, 0.25) is 0 Å². The summed E-state index contributed by atoms with van der Waals surface area (Å²) in [5.74, 6) is -1.31. The van der Waals surface area contributed by atoms with Crippen molar-refractivity contribution in [1.82, 2.24) is 0 Å². The van der Waals surface area contributed by atoms with Crippen LogP contribution in [0.3, 0.4) is 0 Å². The van der Waals surface area contributed by atoms with Crippen molar-refractivity contribution >= 4 is 23.7 Å². The number of methoxy groups -OCH3 is 1. The molecule has 1 rings (SSSR count). The second-order valence-corrected chi connectivity index (χ2v) is 4.53. The molecule has 0 fully saturated rings. The van der Waals surface area contributed by atoms with E-state index in [1.807, 2.05) is 0 Å². The Morgan fingerprint density at radius 1 is 1.44 bits per heavy atom. The predicted molar refractivity (Wildman–Crippen MR) is 60.7 cm³/mol. The van der Waals surface area contributed by atoms with Crippen LogP contribution in [0, 0.1) is 0 Å². The number of carbonyl (C=O) groups excluding carboxylic acids is 1. The highest BCUT2D eigenvalue weighted by Gasteiger charge is 2.15. The lowest BCUT2D eigenvalue weighted by molar-refractivity contribution is -0.139. The molecule has 4 nitrogen and oxygen atoms in total. The minimum atomic E-state index is -0.979. The van der Waals surface area contributed by atoms with Gasteiger partial charge in [0.1, 0.15) is 5.25 Å². The van der Waals surface area contributed by atoms with E-state index in [2.05, 4.69) is 4.74 Å². The van der Waals surface area contributed by atoms with Gasteiger partial charge in [-0.15, -0.1) is 11.8 Å². The molecule has 86 valence electrons. The van der Waals surface area contributed by atoms with Gasteiger partial charge < -0.3 is 9.84 Å². The van der Waals surface area contributed by atoms with Gasteiger partial charge in [0.05, 0.1) is 12.7 Å². The van der Waals surface area contributed by atoms with Crippen LogP contribution in [0.5, 0.6) is 0 Å². The highest BCUT2D eigenvalue weighted by Crippen LogP contribution is 2.24. The molecule has 1 aromatic rings. The van der Waals surface area contributed by atoms with Gasteiger partial charge in [-0.2, -0.15) is 0 Å². The van der Waals surface area contributed by atoms with Gasteiger partial charge in [0.25, 0.3) is 0 Å². The number of benzene rings is 1. The van der Waals surface area contributed by atoms with Gasteiger partial charge in [-0.05, 0) is 25.1 Å². The molecule has 0 aromatic heterocycles. The van der Waals surface area contributed by atoms with E-state index in [-0.39, 0.29) is 16.8 Å². The second-order valence-electron chi connectivity index (χ2n) is 3.12. The minimum Gasteiger partial charge on any atom is -0.478 e. The van der Waals surface area contributed by atoms with Crippen molar-refractivity contribution in [1.29, 1.82) is 0 Å². The standard InChI is InChI=1S/C11H12O4S/c1-7(11(14)15-2)16-9-5-3-4-8(6-9)10(12)13/h3-7H,1-2H3,(H,12,13). The Kier molecular flexibility index (Phi) is 4.37. The third-order valence-corrected chi connectivity index (χ3v) is 3.00. The molecule has 0 radical (unpaired) electrons. The van der Waals surface area contributed by atoms with E-state index >= 15 is 0 Å². The fraction of sp³-hybridized carbons (Fsp3) is 0.273. The number of rotatable bonds is 4. The first-order valence-corrected chi connectivity index (χ1v) is 5.50. The lowest BCUT2D eigenvalue weighted by atomic mass is 10.2. The van der Waals surface area contributed by atoms with E-state index in [1.54, 1.807) is 19.1 Å². The molecular formula is C11H12O4S. The summed E-state index contributed by atoms with van der Waals surface area (Å²) in [6.45, 7) is 1.71. The Bertz CT molecular complexity index is 403. The van der Waals surface area contributed by atoms with Gasteiger partial charge in [0, 0.05) is 4.90 Å². The van der Waals surface area contributed by atoms with Gasteiger partial charge in [-0.25, -0.2) is 4.79 Å². The molecule has 0 saturated carbocycles. The van der Waals surface area contributed by atoms with Crippen LogP contribution in [0.4, 0.5) is 0 Å². The molecule has 0 amide bonds. The lowest BCUT2D eigenvalue weighted by Gasteiger charge is -2.08. The molecular weight excluding hydrogens is 228 g/mol. The van der Waals surface area contributed by atoms with E-state index in [0.29, 0.717) is 0 Å². The highest BCUT2D eigenvalue weighted by molar-refractivity contribution is 8.00. The maximum absolute atomic E-state index is 11.2. The first-order chi connectivity index (χ1) is 7.54. The Morgan fingerprint density at radius 3 is 2.69 bits per heavy atom. The normalized spacial score (nSPS) is 11.9. The zero-order chi connectivity index (χ0) is 12.1. The molecule has 1 atom stereocenters. The largest absolute Gasteiger partial charge is 0.478 e. The fourth-order valence-electron chi connectivity index (χ4n) is 1.12. The summed E-state index contributed by atoms with van der Waals surface area (Å²) in [7, 11) is 1.33. The summed E-state index contributed by atoms with van der Waals surface area (Å²) in [6, 6.07) is 6.45. The Balaban J connectivity index is 2.78. The van der Waals surface area contributed by atoms with Gasteiger partial charge in [0.15, 0.2) is 0 Å². The number of ether oxygens (including phenoxy) is 1. The third-order valence-electron chi connectivity index (χ3n) is 1.93. The van der Waals surface area contributed by atoms with Crippen molar-refractivity contribution in [3.63, 3.8) is 0 Å². The molecule has 0 aliphatic heterocycles. The Labute approximate surface area is 97.6 Å². The van der Waals surface area contributed by atoms with Gasteiger partial charge in [-0.3, -0.25) is 4.79 Å². The van der Waals surface area contributed by atoms with Crippen LogP contribution >= 0.6 is 11.8 Å². The van der Waals surface area contributed by atoms with Crippen LogP contribution in [0.1, 0.15) is 17.3 Å².